The molecule has 0 atom stereocenters. The maximum Gasteiger partial charge on any atom is 0.249 e. The van der Waals surface area contributed by atoms with E-state index in [2.05, 4.69) is 20.6 Å². The summed E-state index contributed by atoms with van der Waals surface area (Å²) < 4.78 is 2.08. The number of anilines is 1. The minimum atomic E-state index is -0.507. The maximum atomic E-state index is 11.7. The molecule has 4 rings (SSSR count). The topological polar surface area (TPSA) is 124 Å². The summed E-state index contributed by atoms with van der Waals surface area (Å²) in [6, 6.07) is 15.1. The Morgan fingerprint density at radius 3 is 2.76 bits per heavy atom. The molecule has 2 aromatic heterocycles. The van der Waals surface area contributed by atoms with Crippen molar-refractivity contribution in [3.8, 4) is 6.07 Å². The third-order valence-electron chi connectivity index (χ3n) is 5.12. The van der Waals surface area contributed by atoms with Crippen molar-refractivity contribution in [1.82, 2.24) is 14.5 Å². The van der Waals surface area contributed by atoms with Gasteiger partial charge in [0.15, 0.2) is 5.82 Å². The van der Waals surface area contributed by atoms with Gasteiger partial charge < -0.3 is 16.0 Å². The molecule has 0 saturated carbocycles. The second kappa shape index (κ2) is 7.60. The lowest BCUT2D eigenvalue weighted by Crippen LogP contribution is -2.14. The SMILES string of the molecule is N#Cc1cccc(C(N)=O)c1CCCCn1cnc2c(N)nc3ccccc3c21. The Kier molecular flexibility index (Phi) is 4.83. The van der Waals surface area contributed by atoms with E-state index in [1.165, 1.54) is 0 Å². The number of amides is 1. The van der Waals surface area contributed by atoms with Gasteiger partial charge in [-0.3, -0.25) is 4.79 Å². The van der Waals surface area contributed by atoms with Crippen LogP contribution in [-0.2, 0) is 13.0 Å². The highest BCUT2D eigenvalue weighted by Gasteiger charge is 2.14. The average Bonchev–Trinajstić information content (AvgIpc) is 3.16. The Morgan fingerprint density at radius 1 is 1.14 bits per heavy atom. The normalized spacial score (nSPS) is 11.0. The van der Waals surface area contributed by atoms with Crippen LogP contribution < -0.4 is 11.5 Å². The smallest absolute Gasteiger partial charge is 0.249 e. The van der Waals surface area contributed by atoms with Crippen LogP contribution in [0.25, 0.3) is 21.9 Å². The average molecular weight is 384 g/mol. The number of benzene rings is 2. The van der Waals surface area contributed by atoms with E-state index in [1.807, 2.05) is 24.3 Å². The number of fused-ring (bicyclic) bond motifs is 3. The largest absolute Gasteiger partial charge is 0.382 e. The molecule has 0 unspecified atom stereocenters. The van der Waals surface area contributed by atoms with E-state index < -0.39 is 5.91 Å². The van der Waals surface area contributed by atoms with Crippen LogP contribution in [0.1, 0.15) is 34.3 Å². The van der Waals surface area contributed by atoms with Gasteiger partial charge in [-0.05, 0) is 43.0 Å². The van der Waals surface area contributed by atoms with Gasteiger partial charge >= 0.3 is 0 Å². The molecule has 0 radical (unpaired) electrons. The molecule has 0 saturated heterocycles. The molecule has 0 bridgehead atoms. The first-order valence-electron chi connectivity index (χ1n) is 9.41. The Hall–Kier alpha value is -3.92. The molecule has 4 aromatic rings. The second-order valence-electron chi connectivity index (χ2n) is 6.91. The molecular formula is C22H20N6O. The highest BCUT2D eigenvalue weighted by Crippen LogP contribution is 2.27. The number of imidazole rings is 1. The lowest BCUT2D eigenvalue weighted by atomic mass is 9.96. The number of carbonyl (C=O) groups excluding carboxylic acids is 1. The van der Waals surface area contributed by atoms with Crippen molar-refractivity contribution in [1.29, 1.82) is 5.26 Å². The van der Waals surface area contributed by atoms with Gasteiger partial charge in [-0.15, -0.1) is 0 Å². The summed E-state index contributed by atoms with van der Waals surface area (Å²) in [7, 11) is 0. The van der Waals surface area contributed by atoms with Crippen molar-refractivity contribution in [3.63, 3.8) is 0 Å². The van der Waals surface area contributed by atoms with Crippen LogP contribution in [0.3, 0.4) is 0 Å². The molecule has 0 aliphatic rings. The van der Waals surface area contributed by atoms with Gasteiger partial charge in [0.1, 0.15) is 5.52 Å². The first kappa shape index (κ1) is 18.4. The molecule has 0 aliphatic heterocycles. The predicted octanol–water partition coefficient (Wildman–Crippen LogP) is 3.16. The summed E-state index contributed by atoms with van der Waals surface area (Å²) in [5.41, 5.74) is 15.7. The van der Waals surface area contributed by atoms with E-state index in [1.54, 1.807) is 24.5 Å². The van der Waals surface area contributed by atoms with Crippen molar-refractivity contribution in [2.75, 3.05) is 5.73 Å². The third-order valence-corrected chi connectivity index (χ3v) is 5.12. The number of primary amides is 1. The number of nitrogen functional groups attached to an aromatic ring is 1. The maximum absolute atomic E-state index is 11.7. The number of aromatic nitrogens is 3. The minimum absolute atomic E-state index is 0.418. The highest BCUT2D eigenvalue weighted by atomic mass is 16.1. The first-order chi connectivity index (χ1) is 14.1. The molecule has 144 valence electrons. The monoisotopic (exact) mass is 384 g/mol. The first-order valence-corrected chi connectivity index (χ1v) is 9.41. The van der Waals surface area contributed by atoms with Gasteiger partial charge in [0, 0.05) is 17.5 Å². The number of carbonyl (C=O) groups is 1. The van der Waals surface area contributed by atoms with E-state index >= 15 is 0 Å². The number of unbranched alkanes of at least 4 members (excludes halogenated alkanes) is 1. The van der Waals surface area contributed by atoms with Crippen molar-refractivity contribution < 1.29 is 4.79 Å². The van der Waals surface area contributed by atoms with E-state index in [4.69, 9.17) is 11.5 Å². The van der Waals surface area contributed by atoms with Gasteiger partial charge in [-0.25, -0.2) is 9.97 Å². The molecule has 4 N–H and O–H groups in total. The molecule has 0 fully saturated rings. The number of para-hydroxylation sites is 1. The van der Waals surface area contributed by atoms with Crippen molar-refractivity contribution in [2.24, 2.45) is 5.73 Å². The van der Waals surface area contributed by atoms with Crippen LogP contribution in [0.15, 0.2) is 48.8 Å². The molecule has 2 aromatic carbocycles. The summed E-state index contributed by atoms with van der Waals surface area (Å²) in [6.45, 7) is 0.741. The van der Waals surface area contributed by atoms with Crippen LogP contribution in [-0.4, -0.2) is 20.4 Å². The van der Waals surface area contributed by atoms with E-state index in [9.17, 15) is 10.1 Å². The molecule has 0 spiro atoms. The standard InChI is InChI=1S/C22H20N6O/c23-12-14-6-5-9-16(22(25)29)15(14)7-3-4-11-28-13-26-19-20(28)17-8-1-2-10-18(17)27-21(19)24/h1-2,5-6,8-10,13H,3-4,7,11H2,(H2,24,27)(H2,25,29). The number of aryl methyl sites for hydroxylation is 1. The Morgan fingerprint density at radius 2 is 1.97 bits per heavy atom. The van der Waals surface area contributed by atoms with Gasteiger partial charge in [-0.1, -0.05) is 24.3 Å². The van der Waals surface area contributed by atoms with Crippen molar-refractivity contribution in [3.05, 3.63) is 65.5 Å². The lowest BCUT2D eigenvalue weighted by molar-refractivity contribution is 0.0999. The summed E-state index contributed by atoms with van der Waals surface area (Å²) in [5, 5.41) is 10.4. The van der Waals surface area contributed by atoms with Crippen molar-refractivity contribution in [2.45, 2.75) is 25.8 Å². The van der Waals surface area contributed by atoms with Gasteiger partial charge in [0.2, 0.25) is 5.91 Å². The number of pyridine rings is 1. The Bertz CT molecular complexity index is 1270. The number of nitrogens with two attached hydrogens (primary N) is 2. The molecule has 7 heteroatoms. The minimum Gasteiger partial charge on any atom is -0.382 e. The summed E-state index contributed by atoms with van der Waals surface area (Å²) >= 11 is 0. The molecule has 0 aliphatic carbocycles. The van der Waals surface area contributed by atoms with Gasteiger partial charge in [-0.2, -0.15) is 5.26 Å². The number of rotatable bonds is 6. The number of nitriles is 1. The van der Waals surface area contributed by atoms with Crippen LogP contribution in [0.4, 0.5) is 5.82 Å². The van der Waals surface area contributed by atoms with E-state index in [0.717, 1.165) is 41.4 Å². The van der Waals surface area contributed by atoms with Crippen LogP contribution in [0, 0.1) is 11.3 Å². The molecule has 2 heterocycles. The fourth-order valence-corrected chi connectivity index (χ4v) is 3.75. The van der Waals surface area contributed by atoms with Crippen LogP contribution in [0.5, 0.6) is 0 Å². The predicted molar refractivity (Wildman–Crippen MR) is 112 cm³/mol. The zero-order valence-electron chi connectivity index (χ0n) is 15.8. The van der Waals surface area contributed by atoms with Crippen molar-refractivity contribution >= 4 is 33.7 Å². The fraction of sp³-hybridized carbons (Fsp3) is 0.182. The lowest BCUT2D eigenvalue weighted by Gasteiger charge is -2.10. The number of hydrogen-bond acceptors (Lipinski definition) is 5. The fourth-order valence-electron chi connectivity index (χ4n) is 3.75. The van der Waals surface area contributed by atoms with E-state index in [0.29, 0.717) is 28.9 Å². The summed E-state index contributed by atoms with van der Waals surface area (Å²) in [5.74, 6) is -0.0846. The molecular weight excluding hydrogens is 364 g/mol. The van der Waals surface area contributed by atoms with E-state index in [-0.39, 0.29) is 0 Å². The zero-order chi connectivity index (χ0) is 20.4. The van der Waals surface area contributed by atoms with Crippen LogP contribution >= 0.6 is 0 Å². The van der Waals surface area contributed by atoms with Crippen LogP contribution in [0.2, 0.25) is 0 Å². The summed E-state index contributed by atoms with van der Waals surface area (Å²) in [4.78, 5) is 20.6. The Balaban J connectivity index is 1.55. The summed E-state index contributed by atoms with van der Waals surface area (Å²) in [6.07, 6.45) is 4.05. The third kappa shape index (κ3) is 3.36. The molecule has 7 nitrogen and oxygen atoms in total. The molecule has 1 amide bonds. The quantitative estimate of drug-likeness (QED) is 0.494. The highest BCUT2D eigenvalue weighted by molar-refractivity contribution is 6.06. The number of nitrogens with zero attached hydrogens (tertiary/aromatic N) is 4. The zero-order valence-corrected chi connectivity index (χ0v) is 15.8. The molecule has 29 heavy (non-hydrogen) atoms. The van der Waals surface area contributed by atoms with Gasteiger partial charge in [0.25, 0.3) is 0 Å². The van der Waals surface area contributed by atoms with Gasteiger partial charge in [0.05, 0.1) is 29.0 Å². The Labute approximate surface area is 167 Å². The second-order valence-corrected chi connectivity index (χ2v) is 6.91. The number of hydrogen-bond donors (Lipinski definition) is 2.